The highest BCUT2D eigenvalue weighted by atomic mass is 32.1. The molecule has 2 aromatic carbocycles. The number of rotatable bonds is 8. The normalized spacial score (nSPS) is 24.8. The van der Waals surface area contributed by atoms with Gasteiger partial charge in [0.05, 0.1) is 19.3 Å². The Morgan fingerprint density at radius 2 is 1.64 bits per heavy atom. The van der Waals surface area contributed by atoms with Gasteiger partial charge in [0.25, 0.3) is 0 Å². The van der Waals surface area contributed by atoms with Crippen LogP contribution < -0.4 is 5.32 Å². The molecule has 1 saturated heterocycles. The van der Waals surface area contributed by atoms with E-state index in [0.29, 0.717) is 0 Å². The predicted molar refractivity (Wildman–Crippen MR) is 124 cm³/mol. The van der Waals surface area contributed by atoms with Gasteiger partial charge in [0.1, 0.15) is 31.0 Å². The predicted octanol–water partition coefficient (Wildman–Crippen LogP) is 3.42. The van der Waals surface area contributed by atoms with E-state index in [9.17, 15) is 15.0 Å². The lowest BCUT2D eigenvalue weighted by Gasteiger charge is -2.44. The number of ether oxygens (including phenoxy) is 3. The van der Waals surface area contributed by atoms with Gasteiger partial charge in [0.15, 0.2) is 0 Å². The van der Waals surface area contributed by atoms with Crippen LogP contribution in [0.1, 0.15) is 22.1 Å². The molecule has 2 heterocycles. The second-order valence-electron chi connectivity index (χ2n) is 7.78. The molecule has 0 aliphatic carbocycles. The third-order valence-corrected chi connectivity index (χ3v) is 6.44. The maximum Gasteiger partial charge on any atom is 0.407 e. The Morgan fingerprint density at radius 1 is 0.970 bits per heavy atom. The molecule has 3 aromatic rings. The molecule has 1 aliphatic heterocycles. The number of carbonyl (C=O) groups is 1. The summed E-state index contributed by atoms with van der Waals surface area (Å²) < 4.78 is 17.6. The minimum atomic E-state index is -1.18. The Morgan fingerprint density at radius 3 is 2.24 bits per heavy atom. The molecule has 5 atom stereocenters. The Kier molecular flexibility index (Phi) is 8.09. The molecule has 0 radical (unpaired) electrons. The van der Waals surface area contributed by atoms with Crippen LogP contribution in [-0.2, 0) is 27.4 Å². The molecule has 1 aliphatic rings. The number of thiophene rings is 1. The zero-order valence-electron chi connectivity index (χ0n) is 17.9. The van der Waals surface area contributed by atoms with Crippen molar-refractivity contribution in [1.29, 1.82) is 0 Å². The van der Waals surface area contributed by atoms with E-state index >= 15 is 0 Å². The van der Waals surface area contributed by atoms with Gasteiger partial charge in [0, 0.05) is 4.88 Å². The molecular weight excluding hydrogens is 442 g/mol. The summed E-state index contributed by atoms with van der Waals surface area (Å²) in [5, 5.41) is 25.4. The molecule has 1 fully saturated rings. The minimum Gasteiger partial charge on any atom is -0.445 e. The van der Waals surface area contributed by atoms with Crippen molar-refractivity contribution in [2.75, 3.05) is 6.61 Å². The first-order valence-corrected chi connectivity index (χ1v) is 11.6. The highest BCUT2D eigenvalue weighted by Gasteiger charge is 2.47. The first-order valence-electron chi connectivity index (χ1n) is 10.8. The zero-order chi connectivity index (χ0) is 23.0. The molecule has 0 saturated carbocycles. The van der Waals surface area contributed by atoms with Crippen molar-refractivity contribution in [2.24, 2.45) is 0 Å². The van der Waals surface area contributed by atoms with Gasteiger partial charge < -0.3 is 29.7 Å². The van der Waals surface area contributed by atoms with Crippen LogP contribution in [0, 0.1) is 0 Å². The Bertz CT molecular complexity index is 985. The van der Waals surface area contributed by atoms with E-state index in [-0.39, 0.29) is 13.2 Å². The number of hydrogen-bond acceptors (Lipinski definition) is 7. The lowest BCUT2D eigenvalue weighted by atomic mass is 9.91. The van der Waals surface area contributed by atoms with Gasteiger partial charge >= 0.3 is 6.09 Å². The summed E-state index contributed by atoms with van der Waals surface area (Å²) in [5.74, 6) is 0. The molecule has 0 bridgehead atoms. The summed E-state index contributed by atoms with van der Waals surface area (Å²) >= 11 is 1.48. The lowest BCUT2D eigenvalue weighted by Crippen LogP contribution is -2.62. The third kappa shape index (κ3) is 5.98. The van der Waals surface area contributed by atoms with Crippen LogP contribution in [0.4, 0.5) is 4.79 Å². The number of aliphatic hydroxyl groups is 2. The Balaban J connectivity index is 1.52. The Hall–Kier alpha value is -2.75. The summed E-state index contributed by atoms with van der Waals surface area (Å²) in [6.07, 6.45) is -4.02. The molecule has 3 N–H and O–H groups in total. The maximum atomic E-state index is 12.6. The van der Waals surface area contributed by atoms with Gasteiger partial charge in [-0.3, -0.25) is 0 Å². The van der Waals surface area contributed by atoms with E-state index in [4.69, 9.17) is 14.2 Å². The summed E-state index contributed by atoms with van der Waals surface area (Å²) in [5.41, 5.74) is 1.80. The summed E-state index contributed by atoms with van der Waals surface area (Å²) in [6.45, 7) is -0.0322. The largest absolute Gasteiger partial charge is 0.445 e. The standard InChI is InChI=1S/C25H27NO6S/c27-14-19-22(28)21(26-25(29)31-16-18-10-5-2-6-11-18)24(23(32-19)20-12-7-13-33-20)30-15-17-8-3-1-4-9-17/h1-13,19,21-24,27-28H,14-16H2,(H,26,29)/t19-,21+,22-,23-,24-/m1/s1. The van der Waals surface area contributed by atoms with E-state index < -0.39 is 43.2 Å². The van der Waals surface area contributed by atoms with Gasteiger partial charge in [-0.25, -0.2) is 4.79 Å². The molecule has 0 unspecified atom stereocenters. The van der Waals surface area contributed by atoms with Crippen molar-refractivity contribution in [3.8, 4) is 0 Å². The molecule has 0 spiro atoms. The van der Waals surface area contributed by atoms with Crippen molar-refractivity contribution in [3.63, 3.8) is 0 Å². The van der Waals surface area contributed by atoms with Crippen LogP contribution in [0.5, 0.6) is 0 Å². The smallest absolute Gasteiger partial charge is 0.407 e. The number of carbonyl (C=O) groups excluding carboxylic acids is 1. The molecule has 4 rings (SSSR count). The van der Waals surface area contributed by atoms with E-state index in [1.165, 1.54) is 11.3 Å². The monoisotopic (exact) mass is 469 g/mol. The number of amides is 1. The molecular formula is C25H27NO6S. The molecule has 33 heavy (non-hydrogen) atoms. The number of nitrogens with one attached hydrogen (secondary N) is 1. The van der Waals surface area contributed by atoms with Crippen molar-refractivity contribution >= 4 is 17.4 Å². The fourth-order valence-corrected chi connectivity index (χ4v) is 4.61. The minimum absolute atomic E-state index is 0.0965. The molecule has 1 amide bonds. The fraction of sp³-hybridized carbons (Fsp3) is 0.320. The SMILES string of the molecule is O=C(N[C@H]1[C@H](O)[C@@H](CO)O[C@H](c2cccs2)[C@@H]1OCc1ccccc1)OCc1ccccc1. The number of alkyl carbamates (subject to hydrolysis) is 1. The first-order chi connectivity index (χ1) is 16.2. The van der Waals surface area contributed by atoms with Gasteiger partial charge in [-0.1, -0.05) is 66.7 Å². The van der Waals surface area contributed by atoms with Gasteiger partial charge in [-0.2, -0.15) is 0 Å². The van der Waals surface area contributed by atoms with E-state index in [1.54, 1.807) is 0 Å². The average Bonchev–Trinajstić information content (AvgIpc) is 3.39. The van der Waals surface area contributed by atoms with Gasteiger partial charge in [0.2, 0.25) is 0 Å². The molecule has 8 heteroatoms. The second-order valence-corrected chi connectivity index (χ2v) is 8.76. The highest BCUT2D eigenvalue weighted by Crippen LogP contribution is 2.37. The lowest BCUT2D eigenvalue weighted by molar-refractivity contribution is -0.211. The number of benzene rings is 2. The van der Waals surface area contributed by atoms with Crippen LogP contribution in [0.15, 0.2) is 78.2 Å². The van der Waals surface area contributed by atoms with Crippen molar-refractivity contribution < 1.29 is 29.2 Å². The van der Waals surface area contributed by atoms with Gasteiger partial charge in [-0.05, 0) is 22.6 Å². The molecule has 174 valence electrons. The van der Waals surface area contributed by atoms with Crippen LogP contribution in [0.2, 0.25) is 0 Å². The van der Waals surface area contributed by atoms with Gasteiger partial charge in [-0.15, -0.1) is 11.3 Å². The first kappa shape index (κ1) is 23.4. The third-order valence-electron chi connectivity index (χ3n) is 5.51. The van der Waals surface area contributed by atoms with Crippen LogP contribution in [0.3, 0.4) is 0 Å². The second kappa shape index (κ2) is 11.4. The Labute approximate surface area is 196 Å². The number of aliphatic hydroxyl groups excluding tert-OH is 2. The van der Waals surface area contributed by atoms with Crippen molar-refractivity contribution in [2.45, 2.75) is 43.7 Å². The topological polar surface area (TPSA) is 97.3 Å². The van der Waals surface area contributed by atoms with Crippen LogP contribution >= 0.6 is 11.3 Å². The quantitative estimate of drug-likeness (QED) is 0.468. The van der Waals surface area contributed by atoms with Crippen LogP contribution in [-0.4, -0.2) is 47.3 Å². The van der Waals surface area contributed by atoms with E-state index in [1.807, 2.05) is 78.2 Å². The summed E-state index contributed by atoms with van der Waals surface area (Å²) in [4.78, 5) is 13.5. The van der Waals surface area contributed by atoms with E-state index in [2.05, 4.69) is 5.32 Å². The van der Waals surface area contributed by atoms with Crippen molar-refractivity contribution in [1.82, 2.24) is 5.32 Å². The van der Waals surface area contributed by atoms with E-state index in [0.717, 1.165) is 16.0 Å². The fourth-order valence-electron chi connectivity index (χ4n) is 3.82. The summed E-state index contributed by atoms with van der Waals surface area (Å²) in [6, 6.07) is 21.9. The zero-order valence-corrected chi connectivity index (χ0v) is 18.8. The maximum absolute atomic E-state index is 12.6. The van der Waals surface area contributed by atoms with Crippen LogP contribution in [0.25, 0.3) is 0 Å². The van der Waals surface area contributed by atoms with Crippen molar-refractivity contribution in [3.05, 3.63) is 94.2 Å². The highest BCUT2D eigenvalue weighted by molar-refractivity contribution is 7.10. The average molecular weight is 470 g/mol. The number of hydrogen-bond donors (Lipinski definition) is 3. The summed E-state index contributed by atoms with van der Waals surface area (Å²) in [7, 11) is 0. The molecule has 7 nitrogen and oxygen atoms in total. The molecule has 1 aromatic heterocycles.